The zero-order chi connectivity index (χ0) is 32.5. The average molecular weight is 619 g/mol. The summed E-state index contributed by atoms with van der Waals surface area (Å²) < 4.78 is 6.23. The molecule has 1 unspecified atom stereocenters. The average Bonchev–Trinajstić information content (AvgIpc) is 3.05. The maximum absolute atomic E-state index is 13.2. The Bertz CT molecular complexity index is 1330. The highest BCUT2D eigenvalue weighted by Gasteiger charge is 2.38. The van der Waals surface area contributed by atoms with Gasteiger partial charge in [-0.2, -0.15) is 0 Å². The molecule has 0 spiro atoms. The molecule has 10 heteroatoms. The van der Waals surface area contributed by atoms with Gasteiger partial charge in [0.1, 0.15) is 30.5 Å². The summed E-state index contributed by atoms with van der Waals surface area (Å²) in [5.41, 5.74) is 2.25. The van der Waals surface area contributed by atoms with Crippen LogP contribution in [0.1, 0.15) is 83.4 Å². The van der Waals surface area contributed by atoms with Crippen molar-refractivity contribution in [2.45, 2.75) is 76.6 Å². The van der Waals surface area contributed by atoms with E-state index in [1.54, 1.807) is 18.2 Å². The van der Waals surface area contributed by atoms with E-state index in [0.29, 0.717) is 41.9 Å². The van der Waals surface area contributed by atoms with Gasteiger partial charge in [-0.3, -0.25) is 24.1 Å². The summed E-state index contributed by atoms with van der Waals surface area (Å²) in [6.45, 7) is 7.55. The Labute approximate surface area is 266 Å². The molecule has 2 aliphatic rings. The number of carbonyl (C=O) groups excluding carboxylic acids is 5. The van der Waals surface area contributed by atoms with Crippen molar-refractivity contribution in [3.63, 3.8) is 0 Å². The van der Waals surface area contributed by atoms with Crippen molar-refractivity contribution in [2.24, 2.45) is 5.92 Å². The molecule has 4 rings (SSSR count). The molecule has 2 aromatic rings. The van der Waals surface area contributed by atoms with Gasteiger partial charge in [0, 0.05) is 81.9 Å². The van der Waals surface area contributed by atoms with E-state index in [2.05, 4.69) is 29.0 Å². The molecule has 2 fully saturated rings. The monoisotopic (exact) mass is 618 g/mol. The molecule has 1 heterocycles. The number of carbonyl (C=O) groups is 5. The number of nitrogens with zero attached hydrogens (tertiary/aromatic N) is 3. The van der Waals surface area contributed by atoms with Crippen molar-refractivity contribution >= 4 is 36.4 Å². The van der Waals surface area contributed by atoms with Gasteiger partial charge in [0.15, 0.2) is 6.29 Å². The van der Waals surface area contributed by atoms with E-state index < -0.39 is 11.9 Å². The number of benzene rings is 2. The van der Waals surface area contributed by atoms with E-state index in [1.807, 2.05) is 24.3 Å². The minimum atomic E-state index is -0.826. The number of hydrogen-bond acceptors (Lipinski definition) is 8. The third-order valence-electron chi connectivity index (χ3n) is 9.26. The van der Waals surface area contributed by atoms with E-state index in [-0.39, 0.29) is 36.0 Å². The number of piperidine rings is 1. The molecule has 0 radical (unpaired) electrons. The molecule has 1 aliphatic carbocycles. The molecule has 2 amide bonds. The van der Waals surface area contributed by atoms with Gasteiger partial charge in [0.2, 0.25) is 5.91 Å². The molecule has 1 N–H and O–H groups in total. The van der Waals surface area contributed by atoms with E-state index in [4.69, 9.17) is 4.74 Å². The Balaban J connectivity index is 1.30. The lowest BCUT2D eigenvalue weighted by Crippen LogP contribution is -2.53. The molecule has 45 heavy (non-hydrogen) atoms. The summed E-state index contributed by atoms with van der Waals surface area (Å²) in [7, 11) is 2.98. The number of aldehydes is 3. The number of ether oxygens (including phenoxy) is 1. The minimum Gasteiger partial charge on any atom is -0.490 e. The second kappa shape index (κ2) is 15.8. The molecule has 242 valence electrons. The first-order valence-corrected chi connectivity index (χ1v) is 15.9. The van der Waals surface area contributed by atoms with Crippen LogP contribution >= 0.6 is 0 Å². The Kier molecular flexibility index (Phi) is 11.9. The Hall–Kier alpha value is -4.05. The Morgan fingerprint density at radius 3 is 2.29 bits per heavy atom. The molecule has 1 atom stereocenters. The molecule has 0 aromatic heterocycles. The molecule has 1 saturated carbocycles. The second-order valence-corrected chi connectivity index (χ2v) is 12.5. The van der Waals surface area contributed by atoms with Crippen LogP contribution in [-0.2, 0) is 9.59 Å². The normalized spacial score (nSPS) is 19.0. The quantitative estimate of drug-likeness (QED) is 0.298. The van der Waals surface area contributed by atoms with Crippen LogP contribution in [0.25, 0.3) is 0 Å². The maximum Gasteiger partial charge on any atom is 0.255 e. The predicted molar refractivity (Wildman–Crippen MR) is 173 cm³/mol. The lowest BCUT2D eigenvalue weighted by atomic mass is 9.85. The smallest absolute Gasteiger partial charge is 0.255 e. The number of likely N-dealkylation sites (N-methyl/N-ethyl adjacent to an activating group) is 2. The Morgan fingerprint density at radius 1 is 1.02 bits per heavy atom. The van der Waals surface area contributed by atoms with Gasteiger partial charge in [-0.05, 0) is 81.5 Å². The van der Waals surface area contributed by atoms with Crippen LogP contribution in [0.5, 0.6) is 5.75 Å². The van der Waals surface area contributed by atoms with Crippen LogP contribution in [0.4, 0.5) is 5.69 Å². The predicted octanol–water partition coefficient (Wildman–Crippen LogP) is 4.01. The van der Waals surface area contributed by atoms with Gasteiger partial charge < -0.3 is 24.6 Å². The summed E-state index contributed by atoms with van der Waals surface area (Å²) in [6.07, 6.45) is 6.61. The van der Waals surface area contributed by atoms with Crippen molar-refractivity contribution in [2.75, 3.05) is 38.6 Å². The van der Waals surface area contributed by atoms with Gasteiger partial charge in [0.25, 0.3) is 5.91 Å². The van der Waals surface area contributed by atoms with Crippen LogP contribution in [0.3, 0.4) is 0 Å². The fourth-order valence-electron chi connectivity index (χ4n) is 6.45. The van der Waals surface area contributed by atoms with Gasteiger partial charge in [-0.25, -0.2) is 0 Å². The van der Waals surface area contributed by atoms with Gasteiger partial charge in [-0.1, -0.05) is 0 Å². The van der Waals surface area contributed by atoms with Crippen molar-refractivity contribution in [3.8, 4) is 5.75 Å². The molecular formula is C35H46N4O6. The summed E-state index contributed by atoms with van der Waals surface area (Å²) in [5.74, 6) is 0.315. The van der Waals surface area contributed by atoms with E-state index in [0.717, 1.165) is 51.6 Å². The first kappa shape index (κ1) is 33.8. The largest absolute Gasteiger partial charge is 0.490 e. The zero-order valence-electron chi connectivity index (χ0n) is 26.8. The molecule has 0 bridgehead atoms. The molecule has 10 nitrogen and oxygen atoms in total. The molecule has 2 aromatic carbocycles. The van der Waals surface area contributed by atoms with Gasteiger partial charge in [-0.15, -0.1) is 0 Å². The summed E-state index contributed by atoms with van der Waals surface area (Å²) >= 11 is 0. The lowest BCUT2D eigenvalue weighted by Gasteiger charge is -2.46. The lowest BCUT2D eigenvalue weighted by molar-refractivity contribution is -0.125. The highest BCUT2D eigenvalue weighted by atomic mass is 16.5. The number of anilines is 1. The number of nitrogens with one attached hydrogen (secondary N) is 1. The third-order valence-corrected chi connectivity index (χ3v) is 9.26. The summed E-state index contributed by atoms with van der Waals surface area (Å²) in [4.78, 5) is 65.7. The first-order chi connectivity index (χ1) is 21.7. The number of hydrogen-bond donors (Lipinski definition) is 1. The standard InChI is InChI=1S/C35H46N4O6/c1-24(2)39(21-25-13-15-38(16-14-25)28-9-7-26(22-41)8-10-28)29-19-31(20-29)45-30-11-12-32(27(18-30)23-42)35(44)37(4)33(6-5-17-40)34(43)36-3/h7-12,17-18,22-25,29,31,33H,5-6,13-16,19-21H2,1-4H3,(H,36,43). The number of rotatable bonds is 15. The fourth-order valence-corrected chi connectivity index (χ4v) is 6.45. The molecular weight excluding hydrogens is 572 g/mol. The zero-order valence-corrected chi connectivity index (χ0v) is 26.8. The van der Waals surface area contributed by atoms with Crippen LogP contribution in [-0.4, -0.2) is 98.4 Å². The minimum absolute atomic E-state index is 0.0251. The highest BCUT2D eigenvalue weighted by molar-refractivity contribution is 6.03. The van der Waals surface area contributed by atoms with Gasteiger partial charge >= 0.3 is 0 Å². The van der Waals surface area contributed by atoms with Crippen molar-refractivity contribution in [3.05, 3.63) is 59.2 Å². The van der Waals surface area contributed by atoms with Crippen molar-refractivity contribution in [1.82, 2.24) is 15.1 Å². The second-order valence-electron chi connectivity index (χ2n) is 12.5. The van der Waals surface area contributed by atoms with Crippen LogP contribution in [0, 0.1) is 5.92 Å². The highest BCUT2D eigenvalue weighted by Crippen LogP contribution is 2.34. The first-order valence-electron chi connectivity index (χ1n) is 15.9. The topological polar surface area (TPSA) is 116 Å². The SMILES string of the molecule is CNC(=O)C(CCC=O)N(C)C(=O)c1ccc(OC2CC(N(CC3CCN(c4ccc(C=O)cc4)CC3)C(C)C)C2)cc1C=O. The summed E-state index contributed by atoms with van der Waals surface area (Å²) in [6, 6.07) is 12.7. The summed E-state index contributed by atoms with van der Waals surface area (Å²) in [5, 5.41) is 2.53. The van der Waals surface area contributed by atoms with Crippen molar-refractivity contribution in [1.29, 1.82) is 0 Å². The van der Waals surface area contributed by atoms with Crippen LogP contribution in [0.2, 0.25) is 0 Å². The van der Waals surface area contributed by atoms with Crippen LogP contribution < -0.4 is 15.0 Å². The molecule has 1 saturated heterocycles. The van der Waals surface area contributed by atoms with Crippen LogP contribution in [0.15, 0.2) is 42.5 Å². The van der Waals surface area contributed by atoms with Gasteiger partial charge in [0.05, 0.1) is 5.56 Å². The maximum atomic E-state index is 13.2. The fraction of sp³-hybridized carbons (Fsp3) is 0.514. The van der Waals surface area contributed by atoms with E-state index in [9.17, 15) is 24.0 Å². The van der Waals surface area contributed by atoms with E-state index >= 15 is 0 Å². The molecule has 1 aliphatic heterocycles. The number of amides is 2. The Morgan fingerprint density at radius 2 is 1.71 bits per heavy atom. The van der Waals surface area contributed by atoms with E-state index in [1.165, 1.54) is 24.7 Å². The third kappa shape index (κ3) is 8.36. The van der Waals surface area contributed by atoms with Crippen molar-refractivity contribution < 1.29 is 28.7 Å².